The molecular weight excluding hydrogens is 464 g/mol. The van der Waals surface area contributed by atoms with E-state index in [0.717, 1.165) is 48.1 Å². The lowest BCUT2D eigenvalue weighted by Crippen LogP contribution is -2.42. The summed E-state index contributed by atoms with van der Waals surface area (Å²) in [4.78, 5) is 24.9. The van der Waals surface area contributed by atoms with Gasteiger partial charge in [-0.05, 0) is 58.0 Å². The van der Waals surface area contributed by atoms with E-state index in [9.17, 15) is 10.1 Å². The Bertz CT molecular complexity index is 1440. The van der Waals surface area contributed by atoms with E-state index in [1.807, 2.05) is 23.1 Å². The molecule has 4 aromatic heterocycles. The summed E-state index contributed by atoms with van der Waals surface area (Å²) in [5.41, 5.74) is 2.87. The zero-order valence-electron chi connectivity index (χ0n) is 19.5. The number of aromatic nitrogens is 5. The van der Waals surface area contributed by atoms with Crippen molar-refractivity contribution < 1.29 is 4.79 Å². The van der Waals surface area contributed by atoms with Crippen LogP contribution in [0.2, 0.25) is 5.02 Å². The molecule has 0 spiro atoms. The highest BCUT2D eigenvalue weighted by molar-refractivity contribution is 6.38. The van der Waals surface area contributed by atoms with E-state index >= 15 is 0 Å². The zero-order chi connectivity index (χ0) is 24.6. The third kappa shape index (κ3) is 4.63. The smallest absolute Gasteiger partial charge is 0.271 e. The molecule has 1 fully saturated rings. The molecule has 3 N–H and O–H groups in total. The maximum absolute atomic E-state index is 12.6. The normalized spacial score (nSPS) is 14.7. The van der Waals surface area contributed by atoms with Crippen LogP contribution in [0.1, 0.15) is 43.2 Å². The van der Waals surface area contributed by atoms with Gasteiger partial charge in [-0.2, -0.15) is 10.4 Å². The Kier molecular flexibility index (Phi) is 6.01. The number of piperidine rings is 1. The van der Waals surface area contributed by atoms with Gasteiger partial charge in [0.1, 0.15) is 16.9 Å². The Morgan fingerprint density at radius 2 is 2.06 bits per heavy atom. The summed E-state index contributed by atoms with van der Waals surface area (Å²) < 4.78 is 2.02. The zero-order valence-corrected chi connectivity index (χ0v) is 20.2. The lowest BCUT2D eigenvalue weighted by molar-refractivity contribution is 0.0924. The number of hydrogen-bond acceptors (Lipinski definition) is 6. The molecule has 1 saturated heterocycles. The van der Waals surface area contributed by atoms with Gasteiger partial charge < -0.3 is 15.6 Å². The molecule has 1 amide bonds. The SMILES string of the molecule is CC(C)(C#N)NC(=O)c1cccc(-c2cnc3[nH]c(-c4cnn(C5CCNCC5)c4)c(Cl)c3c2)n1. The topological polar surface area (TPSA) is 124 Å². The molecule has 178 valence electrons. The van der Waals surface area contributed by atoms with Crippen LogP contribution in [0.5, 0.6) is 0 Å². The van der Waals surface area contributed by atoms with Gasteiger partial charge in [-0.1, -0.05) is 17.7 Å². The average molecular weight is 489 g/mol. The third-order valence-electron chi connectivity index (χ3n) is 6.14. The summed E-state index contributed by atoms with van der Waals surface area (Å²) in [5.74, 6) is -0.417. The number of H-pyrrole nitrogens is 1. The van der Waals surface area contributed by atoms with Crippen LogP contribution < -0.4 is 10.6 Å². The Morgan fingerprint density at radius 3 is 2.83 bits per heavy atom. The number of nitriles is 1. The second-order valence-corrected chi connectivity index (χ2v) is 9.60. The number of fused-ring (bicyclic) bond motifs is 1. The lowest BCUT2D eigenvalue weighted by Gasteiger charge is -2.22. The van der Waals surface area contributed by atoms with E-state index in [-0.39, 0.29) is 5.69 Å². The molecule has 35 heavy (non-hydrogen) atoms. The van der Waals surface area contributed by atoms with Gasteiger partial charge in [-0.3, -0.25) is 9.48 Å². The number of hydrogen-bond donors (Lipinski definition) is 3. The Hall–Kier alpha value is -3.74. The van der Waals surface area contributed by atoms with E-state index in [0.29, 0.717) is 22.4 Å². The number of carbonyl (C=O) groups excluding carboxylic acids is 1. The first-order valence-electron chi connectivity index (χ1n) is 11.5. The van der Waals surface area contributed by atoms with E-state index in [1.54, 1.807) is 38.2 Å². The highest BCUT2D eigenvalue weighted by Crippen LogP contribution is 2.35. The summed E-state index contributed by atoms with van der Waals surface area (Å²) >= 11 is 6.78. The Labute approximate surface area is 207 Å². The minimum atomic E-state index is -0.994. The Morgan fingerprint density at radius 1 is 1.26 bits per heavy atom. The number of rotatable bonds is 5. The summed E-state index contributed by atoms with van der Waals surface area (Å²) in [7, 11) is 0. The molecule has 1 aliphatic rings. The molecule has 1 aliphatic heterocycles. The molecule has 10 heteroatoms. The van der Waals surface area contributed by atoms with E-state index < -0.39 is 11.4 Å². The first-order chi connectivity index (χ1) is 16.8. The summed E-state index contributed by atoms with van der Waals surface area (Å²) in [5, 5.41) is 21.1. The second kappa shape index (κ2) is 9.13. The number of halogens is 1. The van der Waals surface area contributed by atoms with E-state index in [2.05, 4.69) is 36.8 Å². The summed E-state index contributed by atoms with van der Waals surface area (Å²) in [6.45, 7) is 5.25. The molecule has 0 aliphatic carbocycles. The van der Waals surface area contributed by atoms with Gasteiger partial charge in [-0.15, -0.1) is 0 Å². The fourth-order valence-electron chi connectivity index (χ4n) is 4.21. The molecular formula is C25H25ClN8O. The van der Waals surface area contributed by atoms with Crippen molar-refractivity contribution in [1.82, 2.24) is 35.4 Å². The highest BCUT2D eigenvalue weighted by atomic mass is 35.5. The number of carbonyl (C=O) groups is 1. The fraction of sp³-hybridized carbons (Fsp3) is 0.320. The molecule has 5 heterocycles. The number of nitrogens with one attached hydrogen (secondary N) is 3. The first-order valence-corrected chi connectivity index (χ1v) is 11.9. The molecule has 9 nitrogen and oxygen atoms in total. The van der Waals surface area contributed by atoms with Crippen LogP contribution in [-0.2, 0) is 0 Å². The van der Waals surface area contributed by atoms with Crippen LogP contribution >= 0.6 is 11.6 Å². The average Bonchev–Trinajstić information content (AvgIpc) is 3.49. The van der Waals surface area contributed by atoms with Crippen molar-refractivity contribution in [3.05, 3.63) is 53.6 Å². The van der Waals surface area contributed by atoms with Crippen molar-refractivity contribution in [1.29, 1.82) is 5.26 Å². The highest BCUT2D eigenvalue weighted by Gasteiger charge is 2.22. The number of amides is 1. The van der Waals surface area contributed by atoms with E-state index in [1.165, 1.54) is 0 Å². The monoisotopic (exact) mass is 488 g/mol. The Balaban J connectivity index is 1.44. The van der Waals surface area contributed by atoms with Crippen molar-refractivity contribution >= 4 is 28.5 Å². The van der Waals surface area contributed by atoms with Crippen LogP contribution in [0.4, 0.5) is 0 Å². The molecule has 0 unspecified atom stereocenters. The van der Waals surface area contributed by atoms with Crippen molar-refractivity contribution in [2.75, 3.05) is 13.1 Å². The number of pyridine rings is 2. The van der Waals surface area contributed by atoms with Crippen LogP contribution in [0.3, 0.4) is 0 Å². The van der Waals surface area contributed by atoms with Crippen LogP contribution in [0.25, 0.3) is 33.5 Å². The number of nitrogens with zero attached hydrogens (tertiary/aromatic N) is 5. The fourth-order valence-corrected chi connectivity index (χ4v) is 4.51. The maximum Gasteiger partial charge on any atom is 0.271 e. The minimum Gasteiger partial charge on any atom is -0.338 e. The second-order valence-electron chi connectivity index (χ2n) is 9.22. The van der Waals surface area contributed by atoms with Gasteiger partial charge in [0.2, 0.25) is 0 Å². The van der Waals surface area contributed by atoms with Gasteiger partial charge in [0.25, 0.3) is 5.91 Å². The van der Waals surface area contributed by atoms with Crippen LogP contribution in [-0.4, -0.2) is 49.3 Å². The van der Waals surface area contributed by atoms with Gasteiger partial charge in [-0.25, -0.2) is 9.97 Å². The molecule has 0 atom stereocenters. The van der Waals surface area contributed by atoms with Gasteiger partial charge in [0, 0.05) is 28.9 Å². The van der Waals surface area contributed by atoms with Crippen molar-refractivity contribution in [3.8, 4) is 28.6 Å². The summed E-state index contributed by atoms with van der Waals surface area (Å²) in [6, 6.07) is 9.51. The molecule has 0 saturated carbocycles. The molecule has 0 radical (unpaired) electrons. The number of aromatic amines is 1. The van der Waals surface area contributed by atoms with Gasteiger partial charge in [0.05, 0.1) is 34.7 Å². The van der Waals surface area contributed by atoms with Gasteiger partial charge >= 0.3 is 0 Å². The molecule has 0 aromatic carbocycles. The third-order valence-corrected chi connectivity index (χ3v) is 6.54. The minimum absolute atomic E-state index is 0.220. The molecule has 0 bridgehead atoms. The standard InChI is InChI=1S/C25H25ClN8O/c1-25(2,14-27)33-24(35)20-5-3-4-19(31-20)15-10-18-21(26)22(32-23(18)29-11-15)16-12-30-34(13-16)17-6-8-28-9-7-17/h3-5,10-13,17,28H,6-9H2,1-2H3,(H,29,32)(H,33,35). The van der Waals surface area contributed by atoms with Crippen molar-refractivity contribution in [2.24, 2.45) is 0 Å². The largest absolute Gasteiger partial charge is 0.338 e. The molecule has 4 aromatic rings. The van der Waals surface area contributed by atoms with Crippen molar-refractivity contribution in [3.63, 3.8) is 0 Å². The van der Waals surface area contributed by atoms with Crippen LogP contribution in [0, 0.1) is 11.3 Å². The quantitative estimate of drug-likeness (QED) is 0.388. The lowest BCUT2D eigenvalue weighted by atomic mass is 10.1. The first kappa shape index (κ1) is 23.0. The molecule has 5 rings (SSSR count). The predicted octanol–water partition coefficient (Wildman–Crippen LogP) is 4.10. The summed E-state index contributed by atoms with van der Waals surface area (Å²) in [6.07, 6.45) is 7.64. The van der Waals surface area contributed by atoms with Gasteiger partial charge in [0.15, 0.2) is 0 Å². The maximum atomic E-state index is 12.6. The van der Waals surface area contributed by atoms with Crippen molar-refractivity contribution in [2.45, 2.75) is 38.3 Å². The predicted molar refractivity (Wildman–Crippen MR) is 134 cm³/mol. The van der Waals surface area contributed by atoms with Crippen LogP contribution in [0.15, 0.2) is 42.9 Å². The van der Waals surface area contributed by atoms with E-state index in [4.69, 9.17) is 11.6 Å².